The van der Waals surface area contributed by atoms with Crippen LogP contribution in [-0.4, -0.2) is 28.3 Å². The van der Waals surface area contributed by atoms with Gasteiger partial charge in [0.15, 0.2) is 0 Å². The Hall–Kier alpha value is -3.34. The SMILES string of the molecule is CCOC(=O)c1c(NC(=O)c2cc([N+](=O)[O-])cc([N+](=O)[O-])c2)sc2c1CC[C@@H](CC)C2. The van der Waals surface area contributed by atoms with E-state index >= 15 is 0 Å². The number of amides is 1. The van der Waals surface area contributed by atoms with E-state index in [9.17, 15) is 29.8 Å². The highest BCUT2D eigenvalue weighted by atomic mass is 32.1. The Kier molecular flexibility index (Phi) is 6.64. The van der Waals surface area contributed by atoms with Gasteiger partial charge in [-0.15, -0.1) is 11.3 Å². The Morgan fingerprint density at radius 3 is 2.35 bits per heavy atom. The van der Waals surface area contributed by atoms with E-state index in [1.54, 1.807) is 6.92 Å². The van der Waals surface area contributed by atoms with Crippen LogP contribution >= 0.6 is 11.3 Å². The fraction of sp³-hybridized carbons (Fsp3) is 0.400. The quantitative estimate of drug-likeness (QED) is 0.374. The van der Waals surface area contributed by atoms with Crippen LogP contribution in [0.5, 0.6) is 0 Å². The molecule has 0 spiro atoms. The molecule has 164 valence electrons. The summed E-state index contributed by atoms with van der Waals surface area (Å²) in [6.45, 7) is 3.96. The Balaban J connectivity index is 1.99. The first-order chi connectivity index (χ1) is 14.7. The van der Waals surface area contributed by atoms with E-state index in [2.05, 4.69) is 12.2 Å². The lowest BCUT2D eigenvalue weighted by Gasteiger charge is -2.20. The smallest absolute Gasteiger partial charge is 0.341 e. The van der Waals surface area contributed by atoms with Crippen molar-refractivity contribution in [2.45, 2.75) is 39.5 Å². The first-order valence-electron chi connectivity index (χ1n) is 9.81. The Labute approximate surface area is 181 Å². The Morgan fingerprint density at radius 2 is 1.81 bits per heavy atom. The summed E-state index contributed by atoms with van der Waals surface area (Å²) in [6.07, 6.45) is 3.42. The molecule has 0 saturated heterocycles. The number of hydrogen-bond acceptors (Lipinski definition) is 8. The van der Waals surface area contributed by atoms with Gasteiger partial charge in [0.25, 0.3) is 17.3 Å². The number of nitro groups is 2. The fourth-order valence-corrected chi connectivity index (χ4v) is 4.97. The van der Waals surface area contributed by atoms with Crippen molar-refractivity contribution >= 4 is 39.6 Å². The normalized spacial score (nSPS) is 15.1. The molecule has 3 rings (SSSR count). The van der Waals surface area contributed by atoms with Crippen molar-refractivity contribution in [2.75, 3.05) is 11.9 Å². The molecule has 1 aliphatic carbocycles. The summed E-state index contributed by atoms with van der Waals surface area (Å²) in [5, 5.41) is 25.1. The van der Waals surface area contributed by atoms with E-state index in [4.69, 9.17) is 4.74 Å². The number of ether oxygens (including phenoxy) is 1. The van der Waals surface area contributed by atoms with Gasteiger partial charge in [0.1, 0.15) is 5.00 Å². The summed E-state index contributed by atoms with van der Waals surface area (Å²) in [5.41, 5.74) is -0.228. The first kappa shape index (κ1) is 22.3. The summed E-state index contributed by atoms with van der Waals surface area (Å²) in [6, 6.07) is 2.72. The average molecular weight is 447 g/mol. The molecule has 0 saturated carbocycles. The van der Waals surface area contributed by atoms with Crippen LogP contribution in [0, 0.1) is 26.1 Å². The number of nitrogens with one attached hydrogen (secondary N) is 1. The van der Waals surface area contributed by atoms with Gasteiger partial charge in [0, 0.05) is 17.0 Å². The molecule has 1 heterocycles. The van der Waals surface area contributed by atoms with Crippen molar-refractivity contribution in [3.05, 3.63) is 60.0 Å². The molecular weight excluding hydrogens is 426 g/mol. The maximum absolute atomic E-state index is 12.8. The zero-order valence-corrected chi connectivity index (χ0v) is 17.8. The van der Waals surface area contributed by atoms with Crippen LogP contribution in [0.1, 0.15) is 57.8 Å². The van der Waals surface area contributed by atoms with Crippen LogP contribution in [-0.2, 0) is 17.6 Å². The van der Waals surface area contributed by atoms with Gasteiger partial charge in [-0.05, 0) is 37.7 Å². The van der Waals surface area contributed by atoms with Crippen LogP contribution in [0.4, 0.5) is 16.4 Å². The predicted octanol–water partition coefficient (Wildman–Crippen LogP) is 4.51. The van der Waals surface area contributed by atoms with Gasteiger partial charge in [-0.2, -0.15) is 0 Å². The number of esters is 1. The van der Waals surface area contributed by atoms with Gasteiger partial charge < -0.3 is 10.1 Å². The van der Waals surface area contributed by atoms with Crippen LogP contribution in [0.15, 0.2) is 18.2 Å². The first-order valence-corrected chi connectivity index (χ1v) is 10.6. The number of rotatable bonds is 7. The summed E-state index contributed by atoms with van der Waals surface area (Å²) in [5.74, 6) is -0.831. The number of thiophene rings is 1. The summed E-state index contributed by atoms with van der Waals surface area (Å²) in [7, 11) is 0. The minimum atomic E-state index is -0.803. The summed E-state index contributed by atoms with van der Waals surface area (Å²) >= 11 is 1.28. The van der Waals surface area contributed by atoms with Crippen LogP contribution < -0.4 is 5.32 Å². The zero-order chi connectivity index (χ0) is 22.7. The van der Waals surface area contributed by atoms with Crippen LogP contribution in [0.2, 0.25) is 0 Å². The molecule has 0 fully saturated rings. The lowest BCUT2D eigenvalue weighted by atomic mass is 9.85. The number of carbonyl (C=O) groups excluding carboxylic acids is 2. The highest BCUT2D eigenvalue weighted by Crippen LogP contribution is 2.41. The van der Waals surface area contributed by atoms with E-state index < -0.39 is 33.1 Å². The molecule has 1 atom stereocenters. The summed E-state index contributed by atoms with van der Waals surface area (Å²) < 4.78 is 5.17. The number of benzene rings is 1. The molecule has 0 radical (unpaired) electrons. The third kappa shape index (κ3) is 4.71. The van der Waals surface area contributed by atoms with E-state index in [0.29, 0.717) is 22.9 Å². The summed E-state index contributed by atoms with van der Waals surface area (Å²) in [4.78, 5) is 47.0. The molecule has 31 heavy (non-hydrogen) atoms. The maximum Gasteiger partial charge on any atom is 0.341 e. The van der Waals surface area contributed by atoms with Crippen LogP contribution in [0.25, 0.3) is 0 Å². The zero-order valence-electron chi connectivity index (χ0n) is 17.0. The Morgan fingerprint density at radius 1 is 1.16 bits per heavy atom. The van der Waals surface area contributed by atoms with E-state index in [-0.39, 0.29) is 12.2 Å². The number of nitro benzene ring substituents is 2. The van der Waals surface area contributed by atoms with Gasteiger partial charge in [-0.25, -0.2) is 4.79 Å². The maximum atomic E-state index is 12.8. The van der Waals surface area contributed by atoms with E-state index in [1.165, 1.54) is 11.3 Å². The third-order valence-electron chi connectivity index (χ3n) is 5.24. The second-order valence-corrected chi connectivity index (χ2v) is 8.26. The minimum Gasteiger partial charge on any atom is -0.462 e. The molecule has 0 aliphatic heterocycles. The van der Waals surface area contributed by atoms with Gasteiger partial charge in [0.2, 0.25) is 0 Å². The van der Waals surface area contributed by atoms with E-state index in [0.717, 1.165) is 47.9 Å². The fourth-order valence-electron chi connectivity index (χ4n) is 3.62. The molecule has 0 unspecified atom stereocenters. The average Bonchev–Trinajstić information content (AvgIpc) is 3.10. The van der Waals surface area contributed by atoms with Gasteiger partial charge >= 0.3 is 5.97 Å². The predicted molar refractivity (Wildman–Crippen MR) is 114 cm³/mol. The number of fused-ring (bicyclic) bond motifs is 1. The topological polar surface area (TPSA) is 142 Å². The number of carbonyl (C=O) groups is 2. The molecule has 11 heteroatoms. The molecule has 10 nitrogen and oxygen atoms in total. The van der Waals surface area contributed by atoms with Crippen molar-refractivity contribution in [3.63, 3.8) is 0 Å². The van der Waals surface area contributed by atoms with Crippen LogP contribution in [0.3, 0.4) is 0 Å². The van der Waals surface area contributed by atoms with Gasteiger partial charge in [0.05, 0.1) is 33.6 Å². The molecule has 2 aromatic rings. The second-order valence-electron chi connectivity index (χ2n) is 7.15. The lowest BCUT2D eigenvalue weighted by molar-refractivity contribution is -0.394. The van der Waals surface area contributed by atoms with Crippen molar-refractivity contribution in [2.24, 2.45) is 5.92 Å². The molecule has 1 aromatic heterocycles. The van der Waals surface area contributed by atoms with Crippen molar-refractivity contribution in [1.82, 2.24) is 0 Å². The number of nitrogens with zero attached hydrogens (tertiary/aromatic N) is 2. The van der Waals surface area contributed by atoms with E-state index in [1.807, 2.05) is 0 Å². The standard InChI is InChI=1S/C20H21N3O7S/c1-3-11-5-6-15-16(7-11)31-19(17(15)20(25)30-4-2)21-18(24)12-8-13(22(26)27)10-14(9-12)23(28)29/h8-11H,3-7H2,1-2H3,(H,21,24)/t11-/m1/s1. The Bertz CT molecular complexity index is 1030. The molecule has 1 N–H and O–H groups in total. The van der Waals surface area contributed by atoms with Crippen molar-refractivity contribution in [3.8, 4) is 0 Å². The van der Waals surface area contributed by atoms with Crippen molar-refractivity contribution in [1.29, 1.82) is 0 Å². The number of non-ortho nitro benzene ring substituents is 2. The molecular formula is C20H21N3O7S. The van der Waals surface area contributed by atoms with Crippen molar-refractivity contribution < 1.29 is 24.2 Å². The minimum absolute atomic E-state index is 0.172. The monoisotopic (exact) mass is 447 g/mol. The lowest BCUT2D eigenvalue weighted by Crippen LogP contribution is -2.17. The molecule has 0 bridgehead atoms. The number of anilines is 1. The highest BCUT2D eigenvalue weighted by Gasteiger charge is 2.30. The molecule has 1 amide bonds. The second kappa shape index (κ2) is 9.21. The van der Waals surface area contributed by atoms with Gasteiger partial charge in [-0.1, -0.05) is 13.3 Å². The highest BCUT2D eigenvalue weighted by molar-refractivity contribution is 7.17. The number of hydrogen-bond donors (Lipinski definition) is 1. The molecule has 1 aromatic carbocycles. The third-order valence-corrected chi connectivity index (χ3v) is 6.41. The molecule has 1 aliphatic rings. The van der Waals surface area contributed by atoms with Gasteiger partial charge in [-0.3, -0.25) is 25.0 Å². The largest absolute Gasteiger partial charge is 0.462 e.